The van der Waals surface area contributed by atoms with Crippen LogP contribution in [0.1, 0.15) is 6.92 Å². The maximum absolute atomic E-state index is 12.0. The van der Waals surface area contributed by atoms with Gasteiger partial charge in [0.15, 0.2) is 0 Å². The lowest BCUT2D eigenvalue weighted by atomic mass is 10.2. The monoisotopic (exact) mass is 327 g/mol. The number of piperazine rings is 1. The Morgan fingerprint density at radius 3 is 2.59 bits per heavy atom. The van der Waals surface area contributed by atoms with Crippen LogP contribution >= 0.6 is 0 Å². The number of nitrogens with one attached hydrogen (secondary N) is 1. The van der Waals surface area contributed by atoms with Gasteiger partial charge in [-0.2, -0.15) is 0 Å². The van der Waals surface area contributed by atoms with Crippen molar-refractivity contribution in [3.8, 4) is 5.75 Å². The summed E-state index contributed by atoms with van der Waals surface area (Å²) in [7, 11) is -0.332. The van der Waals surface area contributed by atoms with Crippen LogP contribution in [0.4, 0.5) is 0 Å². The van der Waals surface area contributed by atoms with E-state index in [0.717, 1.165) is 26.2 Å². The van der Waals surface area contributed by atoms with Gasteiger partial charge >= 0.3 is 0 Å². The SMILES string of the molecule is C[C@H]1CNCCN1CCOc1ccc(S(=O)(=O)N(C)C)cc1. The van der Waals surface area contributed by atoms with Crippen LogP contribution in [0.25, 0.3) is 0 Å². The topological polar surface area (TPSA) is 61.9 Å². The molecular formula is C15H25N3O3S. The van der Waals surface area contributed by atoms with Crippen LogP contribution in [0.5, 0.6) is 5.75 Å². The van der Waals surface area contributed by atoms with Crippen molar-refractivity contribution >= 4 is 10.0 Å². The van der Waals surface area contributed by atoms with Gasteiger partial charge in [-0.25, -0.2) is 12.7 Å². The Morgan fingerprint density at radius 2 is 2.00 bits per heavy atom. The zero-order valence-corrected chi connectivity index (χ0v) is 14.3. The van der Waals surface area contributed by atoms with E-state index in [9.17, 15) is 8.42 Å². The van der Waals surface area contributed by atoms with Crippen LogP contribution in [0, 0.1) is 0 Å². The van der Waals surface area contributed by atoms with Crippen LogP contribution in [-0.2, 0) is 10.0 Å². The van der Waals surface area contributed by atoms with Gasteiger partial charge in [0.05, 0.1) is 4.90 Å². The number of sulfonamides is 1. The third kappa shape index (κ3) is 4.19. The van der Waals surface area contributed by atoms with Crippen molar-refractivity contribution in [2.75, 3.05) is 46.9 Å². The molecule has 0 saturated carbocycles. The maximum Gasteiger partial charge on any atom is 0.242 e. The number of nitrogens with zero attached hydrogens (tertiary/aromatic N) is 2. The highest BCUT2D eigenvalue weighted by Crippen LogP contribution is 2.18. The fourth-order valence-electron chi connectivity index (χ4n) is 2.41. The first-order valence-corrected chi connectivity index (χ1v) is 8.95. The summed E-state index contributed by atoms with van der Waals surface area (Å²) in [5.74, 6) is 0.695. The highest BCUT2D eigenvalue weighted by atomic mass is 32.2. The van der Waals surface area contributed by atoms with Crippen LogP contribution in [0.2, 0.25) is 0 Å². The van der Waals surface area contributed by atoms with E-state index in [2.05, 4.69) is 17.1 Å². The lowest BCUT2D eigenvalue weighted by Crippen LogP contribution is -2.50. The third-order valence-electron chi connectivity index (χ3n) is 3.89. The lowest BCUT2D eigenvalue weighted by Gasteiger charge is -2.33. The minimum Gasteiger partial charge on any atom is -0.492 e. The van der Waals surface area contributed by atoms with Crippen molar-refractivity contribution in [2.24, 2.45) is 0 Å². The molecule has 1 aromatic rings. The van der Waals surface area contributed by atoms with Gasteiger partial charge in [0.25, 0.3) is 0 Å². The van der Waals surface area contributed by atoms with Crippen molar-refractivity contribution in [3.63, 3.8) is 0 Å². The first-order valence-electron chi connectivity index (χ1n) is 7.51. The quantitative estimate of drug-likeness (QED) is 0.829. The van der Waals surface area contributed by atoms with Gasteiger partial charge in [-0.05, 0) is 31.2 Å². The summed E-state index contributed by atoms with van der Waals surface area (Å²) in [6.07, 6.45) is 0. The summed E-state index contributed by atoms with van der Waals surface area (Å²) < 4.78 is 30.9. The maximum atomic E-state index is 12.0. The molecule has 6 nitrogen and oxygen atoms in total. The van der Waals surface area contributed by atoms with Crippen LogP contribution in [0.15, 0.2) is 29.2 Å². The fourth-order valence-corrected chi connectivity index (χ4v) is 3.32. The number of hydrogen-bond donors (Lipinski definition) is 1. The average Bonchev–Trinajstić information content (AvgIpc) is 2.49. The predicted octanol–water partition coefficient (Wildman–Crippen LogP) is 0.609. The number of ether oxygens (including phenoxy) is 1. The molecule has 22 heavy (non-hydrogen) atoms. The van der Waals surface area contributed by atoms with E-state index >= 15 is 0 Å². The molecule has 0 spiro atoms. The van der Waals surface area contributed by atoms with Gasteiger partial charge in [-0.15, -0.1) is 0 Å². The Morgan fingerprint density at radius 1 is 1.32 bits per heavy atom. The molecule has 124 valence electrons. The molecule has 0 unspecified atom stereocenters. The van der Waals surface area contributed by atoms with E-state index in [1.54, 1.807) is 24.3 Å². The number of rotatable bonds is 6. The molecule has 7 heteroatoms. The Balaban J connectivity index is 1.87. The van der Waals surface area contributed by atoms with Gasteiger partial charge < -0.3 is 10.1 Å². The Labute approximate surface area is 133 Å². The molecular weight excluding hydrogens is 302 g/mol. The Kier molecular flexibility index (Phi) is 5.80. The second-order valence-corrected chi connectivity index (χ2v) is 7.85. The number of hydrogen-bond acceptors (Lipinski definition) is 5. The highest BCUT2D eigenvalue weighted by Gasteiger charge is 2.18. The number of benzene rings is 1. The lowest BCUT2D eigenvalue weighted by molar-refractivity contribution is 0.143. The summed E-state index contributed by atoms with van der Waals surface area (Å²) in [6.45, 7) is 6.74. The van der Waals surface area contributed by atoms with Gasteiger partial charge in [0.2, 0.25) is 10.0 Å². The predicted molar refractivity (Wildman–Crippen MR) is 86.7 cm³/mol. The zero-order chi connectivity index (χ0) is 16.2. The zero-order valence-electron chi connectivity index (χ0n) is 13.4. The fraction of sp³-hybridized carbons (Fsp3) is 0.600. The van der Waals surface area contributed by atoms with E-state index in [4.69, 9.17) is 4.74 Å². The van der Waals surface area contributed by atoms with Crippen molar-refractivity contribution < 1.29 is 13.2 Å². The van der Waals surface area contributed by atoms with Crippen LogP contribution in [0.3, 0.4) is 0 Å². The summed E-state index contributed by atoms with van der Waals surface area (Å²) in [6, 6.07) is 7.09. The van der Waals surface area contributed by atoms with E-state index in [0.29, 0.717) is 18.4 Å². The van der Waals surface area contributed by atoms with Crippen molar-refractivity contribution in [3.05, 3.63) is 24.3 Å². The molecule has 1 aromatic carbocycles. The molecule has 1 fully saturated rings. The molecule has 1 atom stereocenters. The van der Waals surface area contributed by atoms with Crippen molar-refractivity contribution in [2.45, 2.75) is 17.9 Å². The summed E-state index contributed by atoms with van der Waals surface area (Å²) in [5.41, 5.74) is 0. The minimum absolute atomic E-state index is 0.278. The largest absolute Gasteiger partial charge is 0.492 e. The second-order valence-electron chi connectivity index (χ2n) is 5.70. The Bertz CT molecular complexity index is 572. The first-order chi connectivity index (χ1) is 10.4. The molecule has 1 aliphatic rings. The highest BCUT2D eigenvalue weighted by molar-refractivity contribution is 7.89. The van der Waals surface area contributed by atoms with Crippen LogP contribution < -0.4 is 10.1 Å². The van der Waals surface area contributed by atoms with Gasteiger partial charge in [-0.3, -0.25) is 4.90 Å². The van der Waals surface area contributed by atoms with Crippen LogP contribution in [-0.4, -0.2) is 70.5 Å². The molecule has 1 heterocycles. The molecule has 1 saturated heterocycles. The minimum atomic E-state index is -3.38. The van der Waals surface area contributed by atoms with Gasteiger partial charge in [0, 0.05) is 46.3 Å². The molecule has 1 aliphatic heterocycles. The molecule has 0 bridgehead atoms. The Hall–Kier alpha value is -1.15. The van der Waals surface area contributed by atoms with E-state index in [1.165, 1.54) is 18.4 Å². The first kappa shape index (κ1) is 17.2. The molecule has 0 aliphatic carbocycles. The van der Waals surface area contributed by atoms with Crippen molar-refractivity contribution in [1.82, 2.24) is 14.5 Å². The normalized spacial score (nSPS) is 20.3. The third-order valence-corrected chi connectivity index (χ3v) is 5.72. The molecule has 0 radical (unpaired) electrons. The summed E-state index contributed by atoms with van der Waals surface area (Å²) in [4.78, 5) is 2.67. The summed E-state index contributed by atoms with van der Waals surface area (Å²) >= 11 is 0. The average molecular weight is 327 g/mol. The van der Waals surface area contributed by atoms with Crippen molar-refractivity contribution in [1.29, 1.82) is 0 Å². The van der Waals surface area contributed by atoms with E-state index in [1.807, 2.05) is 0 Å². The van der Waals surface area contributed by atoms with E-state index < -0.39 is 10.0 Å². The molecule has 2 rings (SSSR count). The second kappa shape index (κ2) is 7.41. The van der Waals surface area contributed by atoms with Gasteiger partial charge in [-0.1, -0.05) is 0 Å². The van der Waals surface area contributed by atoms with Gasteiger partial charge in [0.1, 0.15) is 12.4 Å². The molecule has 0 amide bonds. The van der Waals surface area contributed by atoms with E-state index in [-0.39, 0.29) is 4.90 Å². The molecule has 0 aromatic heterocycles. The standard InChI is InChI=1S/C15H25N3O3S/c1-13-12-16-8-9-18(13)10-11-21-14-4-6-15(7-5-14)22(19,20)17(2)3/h4-7,13,16H,8-12H2,1-3H3/t13-/m0/s1. The smallest absolute Gasteiger partial charge is 0.242 e. The summed E-state index contributed by atoms with van der Waals surface area (Å²) in [5, 5.41) is 3.36. The molecule has 1 N–H and O–H groups in total.